The lowest BCUT2D eigenvalue weighted by Crippen LogP contribution is -2.46. The van der Waals surface area contributed by atoms with Crippen LogP contribution in [0.5, 0.6) is 5.75 Å². The molecule has 0 spiro atoms. The van der Waals surface area contributed by atoms with Gasteiger partial charge in [0.1, 0.15) is 5.75 Å². The summed E-state index contributed by atoms with van der Waals surface area (Å²) in [5.41, 5.74) is 0.0209. The van der Waals surface area contributed by atoms with Gasteiger partial charge in [-0.05, 0) is 25.0 Å². The second-order valence-electron chi connectivity index (χ2n) is 7.28. The fourth-order valence-corrected chi connectivity index (χ4v) is 3.21. The molecule has 2 saturated heterocycles. The van der Waals surface area contributed by atoms with Gasteiger partial charge in [-0.3, -0.25) is 0 Å². The van der Waals surface area contributed by atoms with E-state index >= 15 is 0 Å². The van der Waals surface area contributed by atoms with Crippen LogP contribution in [0.2, 0.25) is 0 Å². The third-order valence-corrected chi connectivity index (χ3v) is 4.96. The number of urea groups is 1. The van der Waals surface area contributed by atoms with Crippen LogP contribution in [0.25, 0.3) is 0 Å². The van der Waals surface area contributed by atoms with Crippen LogP contribution in [-0.2, 0) is 4.74 Å². The Balaban J connectivity index is 1.46. The molecule has 3 rings (SSSR count). The molecule has 2 heterocycles. The molecule has 3 amide bonds. The van der Waals surface area contributed by atoms with Crippen molar-refractivity contribution >= 4 is 12.1 Å². The highest BCUT2D eigenvalue weighted by molar-refractivity contribution is 5.75. The Morgan fingerprint density at radius 1 is 1.15 bits per heavy atom. The van der Waals surface area contributed by atoms with Crippen molar-refractivity contribution in [2.24, 2.45) is 5.41 Å². The van der Waals surface area contributed by atoms with Crippen LogP contribution in [0.4, 0.5) is 9.59 Å². The van der Waals surface area contributed by atoms with E-state index in [1.165, 1.54) is 0 Å². The van der Waals surface area contributed by atoms with Crippen LogP contribution in [0.3, 0.4) is 0 Å². The Morgan fingerprint density at radius 2 is 1.88 bits per heavy atom. The summed E-state index contributed by atoms with van der Waals surface area (Å²) >= 11 is 0. The van der Waals surface area contributed by atoms with Gasteiger partial charge in [0.2, 0.25) is 0 Å². The first-order valence-electron chi connectivity index (χ1n) is 9.18. The van der Waals surface area contributed by atoms with Crippen LogP contribution >= 0.6 is 0 Å². The molecule has 0 aromatic heterocycles. The van der Waals surface area contributed by atoms with E-state index in [1.54, 1.807) is 21.9 Å². The van der Waals surface area contributed by atoms with E-state index < -0.39 is 0 Å². The van der Waals surface area contributed by atoms with Crippen molar-refractivity contribution in [3.8, 4) is 5.75 Å². The number of carbonyl (C=O) groups is 2. The number of benzene rings is 1. The van der Waals surface area contributed by atoms with E-state index in [0.717, 1.165) is 19.4 Å². The fraction of sp³-hybridized carbons (Fsp3) is 0.579. The summed E-state index contributed by atoms with van der Waals surface area (Å²) in [5.74, 6) is 0.531. The Hall–Kier alpha value is -2.28. The average Bonchev–Trinajstić information content (AvgIpc) is 2.93. The van der Waals surface area contributed by atoms with Gasteiger partial charge in [0.15, 0.2) is 0 Å². The smallest absolute Gasteiger partial charge is 0.410 e. The van der Waals surface area contributed by atoms with E-state index in [9.17, 15) is 9.59 Å². The van der Waals surface area contributed by atoms with Gasteiger partial charge in [0, 0.05) is 44.7 Å². The van der Waals surface area contributed by atoms with Crippen molar-refractivity contribution in [3.63, 3.8) is 0 Å². The highest BCUT2D eigenvalue weighted by Crippen LogP contribution is 2.26. The predicted molar refractivity (Wildman–Crippen MR) is 97.2 cm³/mol. The summed E-state index contributed by atoms with van der Waals surface area (Å²) < 4.78 is 10.8. The monoisotopic (exact) mass is 361 g/mol. The maximum Gasteiger partial charge on any atom is 0.415 e. The quantitative estimate of drug-likeness (QED) is 0.897. The summed E-state index contributed by atoms with van der Waals surface area (Å²) in [6, 6.07) is 8.96. The first-order chi connectivity index (χ1) is 12.6. The molecule has 1 atom stereocenters. The molecule has 0 aliphatic carbocycles. The van der Waals surface area contributed by atoms with Crippen LogP contribution < -0.4 is 10.1 Å². The third-order valence-electron chi connectivity index (χ3n) is 4.96. The molecule has 7 heteroatoms. The lowest BCUT2D eigenvalue weighted by Gasteiger charge is -2.26. The molecule has 1 N–H and O–H groups in total. The van der Waals surface area contributed by atoms with Gasteiger partial charge in [0.25, 0.3) is 0 Å². The number of hydrogen-bond donors (Lipinski definition) is 1. The highest BCUT2D eigenvalue weighted by atomic mass is 16.6. The molecular formula is C19H27N3O4. The Labute approximate surface area is 154 Å². The molecule has 2 aliphatic heterocycles. The van der Waals surface area contributed by atoms with Gasteiger partial charge in [0.05, 0.1) is 6.61 Å². The maximum atomic E-state index is 12.5. The topological polar surface area (TPSA) is 71.1 Å². The zero-order valence-corrected chi connectivity index (χ0v) is 15.3. The van der Waals surface area contributed by atoms with Crippen molar-refractivity contribution in [2.75, 3.05) is 45.9 Å². The Morgan fingerprint density at radius 3 is 2.62 bits per heavy atom. The lowest BCUT2D eigenvalue weighted by molar-refractivity contribution is 0.150. The molecule has 1 aromatic carbocycles. The lowest BCUT2D eigenvalue weighted by atomic mass is 9.90. The highest BCUT2D eigenvalue weighted by Gasteiger charge is 2.31. The van der Waals surface area contributed by atoms with Crippen LogP contribution in [0.1, 0.15) is 19.8 Å². The molecule has 0 bridgehead atoms. The van der Waals surface area contributed by atoms with Gasteiger partial charge in [-0.25, -0.2) is 9.59 Å². The number of hydrogen-bond acceptors (Lipinski definition) is 4. The molecular weight excluding hydrogens is 334 g/mol. The minimum absolute atomic E-state index is 0.0209. The molecule has 0 saturated carbocycles. The van der Waals surface area contributed by atoms with E-state index in [0.29, 0.717) is 45.1 Å². The van der Waals surface area contributed by atoms with Gasteiger partial charge in [-0.15, -0.1) is 0 Å². The van der Waals surface area contributed by atoms with Gasteiger partial charge in [-0.1, -0.05) is 25.1 Å². The number of carbonyl (C=O) groups excluding carboxylic acids is 2. The molecule has 7 nitrogen and oxygen atoms in total. The first kappa shape index (κ1) is 18.5. The third kappa shape index (κ3) is 4.88. The Kier molecular flexibility index (Phi) is 5.98. The second kappa shape index (κ2) is 8.40. The number of ether oxygens (including phenoxy) is 2. The summed E-state index contributed by atoms with van der Waals surface area (Å²) in [4.78, 5) is 28.2. The van der Waals surface area contributed by atoms with Crippen molar-refractivity contribution in [1.29, 1.82) is 0 Å². The minimum Gasteiger partial charge on any atom is -0.410 e. The van der Waals surface area contributed by atoms with Crippen LogP contribution in [0.15, 0.2) is 30.3 Å². The van der Waals surface area contributed by atoms with Crippen molar-refractivity contribution in [2.45, 2.75) is 19.8 Å². The van der Waals surface area contributed by atoms with Gasteiger partial charge >= 0.3 is 12.1 Å². The molecule has 26 heavy (non-hydrogen) atoms. The zero-order chi connectivity index (χ0) is 18.4. The van der Waals surface area contributed by atoms with Crippen LogP contribution in [0, 0.1) is 5.41 Å². The van der Waals surface area contributed by atoms with E-state index in [4.69, 9.17) is 9.47 Å². The van der Waals surface area contributed by atoms with Crippen LogP contribution in [-0.4, -0.2) is 67.9 Å². The van der Waals surface area contributed by atoms with Crippen molar-refractivity contribution < 1.29 is 19.1 Å². The SMILES string of the molecule is CC1(CNC(=O)N2CCCN(C(=O)Oc3ccccc3)CC2)CCOC1. The number of nitrogens with zero attached hydrogens (tertiary/aromatic N) is 2. The average molecular weight is 361 g/mol. The molecule has 0 radical (unpaired) electrons. The van der Waals surface area contributed by atoms with Crippen molar-refractivity contribution in [3.05, 3.63) is 30.3 Å². The zero-order valence-electron chi connectivity index (χ0n) is 15.3. The summed E-state index contributed by atoms with van der Waals surface area (Å²) in [6.45, 7) is 6.38. The molecule has 142 valence electrons. The number of rotatable bonds is 3. The molecule has 2 fully saturated rings. The first-order valence-corrected chi connectivity index (χ1v) is 9.18. The van der Waals surface area contributed by atoms with Crippen molar-refractivity contribution in [1.82, 2.24) is 15.1 Å². The van der Waals surface area contributed by atoms with Gasteiger partial charge < -0.3 is 24.6 Å². The molecule has 2 aliphatic rings. The largest absolute Gasteiger partial charge is 0.415 e. The van der Waals surface area contributed by atoms with Gasteiger partial charge in [-0.2, -0.15) is 0 Å². The summed E-state index contributed by atoms with van der Waals surface area (Å²) in [5, 5.41) is 3.02. The normalized spacial score (nSPS) is 23.4. The maximum absolute atomic E-state index is 12.5. The second-order valence-corrected chi connectivity index (χ2v) is 7.28. The molecule has 1 unspecified atom stereocenters. The predicted octanol–water partition coefficient (Wildman–Crippen LogP) is 2.33. The standard InChI is InChI=1S/C19H27N3O4/c1-19(8-13-25-15-19)14-20-17(23)21-9-5-10-22(12-11-21)18(24)26-16-6-3-2-4-7-16/h2-4,6-7H,5,8-15H2,1H3,(H,20,23). The Bertz CT molecular complexity index is 616. The van der Waals surface area contributed by atoms with E-state index in [2.05, 4.69) is 12.2 Å². The van der Waals surface area contributed by atoms with E-state index in [-0.39, 0.29) is 17.5 Å². The number of amides is 3. The minimum atomic E-state index is -0.367. The number of nitrogens with one attached hydrogen (secondary N) is 1. The van der Waals surface area contributed by atoms with E-state index in [1.807, 2.05) is 18.2 Å². The summed E-state index contributed by atoms with van der Waals surface area (Å²) in [6.07, 6.45) is 1.33. The summed E-state index contributed by atoms with van der Waals surface area (Å²) in [7, 11) is 0. The fourth-order valence-electron chi connectivity index (χ4n) is 3.21. The number of para-hydroxylation sites is 1. The molecule has 1 aromatic rings.